The molecule has 30 heavy (non-hydrogen) atoms. The quantitative estimate of drug-likeness (QED) is 0.194. The molecule has 5 nitrogen and oxygen atoms in total. The first-order valence-corrected chi connectivity index (χ1v) is 9.47. The maximum atomic E-state index is 12.0. The first-order chi connectivity index (χ1) is 14.5. The molecule has 0 unspecified atom stereocenters. The zero-order chi connectivity index (χ0) is 22.2. The van der Waals surface area contributed by atoms with Gasteiger partial charge in [-0.05, 0) is 24.5 Å². The fourth-order valence-electron chi connectivity index (χ4n) is 2.55. The summed E-state index contributed by atoms with van der Waals surface area (Å²) in [5.74, 6) is -1.14. The average Bonchev–Trinajstić information content (AvgIpc) is 2.78. The Balaban J connectivity index is 0.000000804. The van der Waals surface area contributed by atoms with E-state index in [1.807, 2.05) is 42.5 Å². The Morgan fingerprint density at radius 3 is 1.93 bits per heavy atom. The van der Waals surface area contributed by atoms with E-state index < -0.39 is 5.97 Å². The topological polar surface area (TPSA) is 72.8 Å². The monoisotopic (exact) mass is 408 g/mol. The van der Waals surface area contributed by atoms with Gasteiger partial charge in [0.25, 0.3) is 0 Å². The first kappa shape index (κ1) is 24.6. The Hall–Kier alpha value is -3.44. The SMILES string of the molecule is C=CC(=O)O.C=CCOCOC(=O)C(C)=CCC(c1ccccc1)c1ccccc1. The molecule has 0 saturated carbocycles. The van der Waals surface area contributed by atoms with Crippen LogP contribution in [0.15, 0.2) is 97.6 Å². The average molecular weight is 408 g/mol. The molecule has 2 rings (SSSR count). The summed E-state index contributed by atoms with van der Waals surface area (Å²) in [4.78, 5) is 21.2. The van der Waals surface area contributed by atoms with Gasteiger partial charge in [0.05, 0.1) is 6.61 Å². The molecule has 0 aliphatic rings. The van der Waals surface area contributed by atoms with Crippen LogP contribution in [0.2, 0.25) is 0 Å². The summed E-state index contributed by atoms with van der Waals surface area (Å²) in [6, 6.07) is 20.6. The van der Waals surface area contributed by atoms with Gasteiger partial charge in [-0.25, -0.2) is 9.59 Å². The van der Waals surface area contributed by atoms with Crippen LogP contribution in [0.3, 0.4) is 0 Å². The normalized spacial score (nSPS) is 10.5. The molecule has 0 amide bonds. The molecule has 0 bridgehead atoms. The highest BCUT2D eigenvalue weighted by Crippen LogP contribution is 2.28. The number of benzene rings is 2. The summed E-state index contributed by atoms with van der Waals surface area (Å²) in [5, 5.41) is 7.60. The van der Waals surface area contributed by atoms with E-state index in [0.717, 1.165) is 12.5 Å². The number of rotatable bonds is 10. The van der Waals surface area contributed by atoms with E-state index in [4.69, 9.17) is 14.6 Å². The van der Waals surface area contributed by atoms with E-state index in [2.05, 4.69) is 37.4 Å². The lowest BCUT2D eigenvalue weighted by atomic mass is 9.88. The molecular weight excluding hydrogens is 380 g/mol. The van der Waals surface area contributed by atoms with E-state index in [0.29, 0.717) is 12.2 Å². The van der Waals surface area contributed by atoms with Crippen molar-refractivity contribution in [2.45, 2.75) is 19.3 Å². The van der Waals surface area contributed by atoms with E-state index in [9.17, 15) is 9.59 Å². The van der Waals surface area contributed by atoms with Crippen molar-refractivity contribution in [1.29, 1.82) is 0 Å². The Bertz CT molecular complexity index is 786. The van der Waals surface area contributed by atoms with Gasteiger partial charge in [0.15, 0.2) is 6.79 Å². The summed E-state index contributed by atoms with van der Waals surface area (Å²) in [7, 11) is 0. The van der Waals surface area contributed by atoms with Crippen LogP contribution >= 0.6 is 0 Å². The molecule has 2 aromatic rings. The highest BCUT2D eigenvalue weighted by Gasteiger charge is 2.14. The van der Waals surface area contributed by atoms with Crippen molar-refractivity contribution in [3.63, 3.8) is 0 Å². The molecule has 0 aliphatic carbocycles. The van der Waals surface area contributed by atoms with E-state index in [1.54, 1.807) is 13.0 Å². The van der Waals surface area contributed by atoms with Gasteiger partial charge in [0, 0.05) is 17.6 Å². The molecule has 0 atom stereocenters. The molecule has 2 aromatic carbocycles. The summed E-state index contributed by atoms with van der Waals surface area (Å²) in [6.07, 6.45) is 5.10. The fourth-order valence-corrected chi connectivity index (χ4v) is 2.55. The molecule has 1 N–H and O–H groups in total. The lowest BCUT2D eigenvalue weighted by molar-refractivity contribution is -0.150. The number of allylic oxidation sites excluding steroid dienone is 1. The third-order valence-corrected chi connectivity index (χ3v) is 4.07. The van der Waals surface area contributed by atoms with Crippen molar-refractivity contribution < 1.29 is 24.2 Å². The molecule has 0 aliphatic heterocycles. The van der Waals surface area contributed by atoms with Gasteiger partial charge in [-0.3, -0.25) is 0 Å². The molecule has 5 heteroatoms. The van der Waals surface area contributed by atoms with Crippen molar-refractivity contribution in [3.8, 4) is 0 Å². The van der Waals surface area contributed by atoms with Gasteiger partial charge in [-0.1, -0.05) is 79.4 Å². The van der Waals surface area contributed by atoms with Crippen molar-refractivity contribution in [1.82, 2.24) is 0 Å². The van der Waals surface area contributed by atoms with Crippen LogP contribution in [-0.2, 0) is 19.1 Å². The Morgan fingerprint density at radius 1 is 1.00 bits per heavy atom. The van der Waals surface area contributed by atoms with Crippen LogP contribution in [0.4, 0.5) is 0 Å². The van der Waals surface area contributed by atoms with Crippen molar-refractivity contribution in [2.75, 3.05) is 13.4 Å². The Morgan fingerprint density at radius 2 is 1.50 bits per heavy atom. The lowest BCUT2D eigenvalue weighted by Gasteiger charge is -2.16. The highest BCUT2D eigenvalue weighted by atomic mass is 16.7. The number of carbonyl (C=O) groups is 2. The minimum absolute atomic E-state index is 0.0587. The van der Waals surface area contributed by atoms with Crippen LogP contribution in [0.25, 0.3) is 0 Å². The maximum Gasteiger partial charge on any atom is 0.335 e. The number of aliphatic carboxylic acids is 1. The van der Waals surface area contributed by atoms with Crippen LogP contribution in [0.1, 0.15) is 30.4 Å². The Kier molecular flexibility index (Phi) is 11.9. The zero-order valence-corrected chi connectivity index (χ0v) is 17.2. The highest BCUT2D eigenvalue weighted by molar-refractivity contribution is 5.87. The van der Waals surface area contributed by atoms with Gasteiger partial charge < -0.3 is 14.6 Å². The summed E-state index contributed by atoms with van der Waals surface area (Å²) in [5.41, 5.74) is 3.03. The van der Waals surface area contributed by atoms with Gasteiger partial charge in [-0.2, -0.15) is 0 Å². The third kappa shape index (κ3) is 9.66. The number of hydrogen-bond acceptors (Lipinski definition) is 4. The standard InChI is InChI=1S/C22H24O3.C3H4O2/c1-3-16-24-17-25-22(23)18(2)14-15-21(19-10-6-4-7-11-19)20-12-8-5-9-13-20;1-2-3(4)5/h3-14,21H,1,15-17H2,2H3;2H,1H2,(H,4,5). The summed E-state index contributed by atoms with van der Waals surface area (Å²) >= 11 is 0. The van der Waals surface area contributed by atoms with Crippen LogP contribution < -0.4 is 0 Å². The number of carboxylic acids is 1. The molecule has 0 spiro atoms. The predicted octanol–water partition coefficient (Wildman–Crippen LogP) is 5.12. The Labute approximate surface area is 178 Å². The summed E-state index contributed by atoms with van der Waals surface area (Å²) < 4.78 is 10.2. The molecule has 0 radical (unpaired) electrons. The lowest BCUT2D eigenvalue weighted by Crippen LogP contribution is -2.10. The molecule has 0 aromatic heterocycles. The number of hydrogen-bond donors (Lipinski definition) is 1. The minimum atomic E-state index is -0.981. The van der Waals surface area contributed by atoms with Gasteiger partial charge in [0.2, 0.25) is 0 Å². The number of esters is 1. The second-order valence-electron chi connectivity index (χ2n) is 6.25. The fraction of sp³-hybridized carbons (Fsp3) is 0.200. The number of carbonyl (C=O) groups excluding carboxylic acids is 1. The molecule has 0 fully saturated rings. The second kappa shape index (κ2) is 14.5. The molecule has 158 valence electrons. The summed E-state index contributed by atoms with van der Waals surface area (Å²) in [6.45, 7) is 8.57. The van der Waals surface area contributed by atoms with Gasteiger partial charge >= 0.3 is 11.9 Å². The van der Waals surface area contributed by atoms with Crippen LogP contribution in [0, 0.1) is 0 Å². The van der Waals surface area contributed by atoms with E-state index in [-0.39, 0.29) is 18.7 Å². The number of carboxylic acid groups (broad SMARTS) is 1. The van der Waals surface area contributed by atoms with Crippen molar-refractivity contribution in [2.24, 2.45) is 0 Å². The largest absolute Gasteiger partial charge is 0.478 e. The van der Waals surface area contributed by atoms with E-state index in [1.165, 1.54) is 11.1 Å². The van der Waals surface area contributed by atoms with Crippen molar-refractivity contribution in [3.05, 3.63) is 109 Å². The number of ether oxygens (including phenoxy) is 2. The minimum Gasteiger partial charge on any atom is -0.478 e. The van der Waals surface area contributed by atoms with Crippen LogP contribution in [-0.4, -0.2) is 30.4 Å². The van der Waals surface area contributed by atoms with Gasteiger partial charge in [0.1, 0.15) is 0 Å². The third-order valence-electron chi connectivity index (χ3n) is 4.07. The molecule has 0 saturated heterocycles. The second-order valence-corrected chi connectivity index (χ2v) is 6.25. The van der Waals surface area contributed by atoms with Gasteiger partial charge in [-0.15, -0.1) is 6.58 Å². The van der Waals surface area contributed by atoms with E-state index >= 15 is 0 Å². The first-order valence-electron chi connectivity index (χ1n) is 9.47. The molecular formula is C25H28O5. The van der Waals surface area contributed by atoms with Crippen molar-refractivity contribution >= 4 is 11.9 Å². The molecule has 0 heterocycles. The zero-order valence-electron chi connectivity index (χ0n) is 17.2. The maximum absolute atomic E-state index is 12.0. The smallest absolute Gasteiger partial charge is 0.335 e. The predicted molar refractivity (Wildman–Crippen MR) is 118 cm³/mol. The van der Waals surface area contributed by atoms with Crippen LogP contribution in [0.5, 0.6) is 0 Å².